The molecular formula is C20H33N3O3. The Morgan fingerprint density at radius 3 is 2.58 bits per heavy atom. The fraction of sp³-hybridized carbons (Fsp3) is 0.650. The van der Waals surface area contributed by atoms with Crippen molar-refractivity contribution in [1.82, 2.24) is 10.6 Å². The van der Waals surface area contributed by atoms with Gasteiger partial charge in [0.1, 0.15) is 17.6 Å². The highest BCUT2D eigenvalue weighted by molar-refractivity contribution is 5.80. The van der Waals surface area contributed by atoms with E-state index < -0.39 is 6.10 Å². The summed E-state index contributed by atoms with van der Waals surface area (Å²) in [6, 6.07) is 5.86. The third-order valence-corrected chi connectivity index (χ3v) is 4.92. The minimum absolute atomic E-state index is 0.252. The van der Waals surface area contributed by atoms with Gasteiger partial charge in [-0.15, -0.1) is 0 Å². The van der Waals surface area contributed by atoms with Gasteiger partial charge >= 0.3 is 0 Å². The van der Waals surface area contributed by atoms with Gasteiger partial charge in [-0.1, -0.05) is 6.92 Å². The number of nitrogens with one attached hydrogen (secondary N) is 2. The lowest BCUT2D eigenvalue weighted by molar-refractivity contribution is 0.182. The van der Waals surface area contributed by atoms with Crippen molar-refractivity contribution in [3.63, 3.8) is 0 Å². The van der Waals surface area contributed by atoms with Crippen LogP contribution in [0.1, 0.15) is 51.2 Å². The molecule has 0 bridgehead atoms. The Labute approximate surface area is 157 Å². The average molecular weight is 364 g/mol. The van der Waals surface area contributed by atoms with Gasteiger partial charge in [0.2, 0.25) is 0 Å². The summed E-state index contributed by atoms with van der Waals surface area (Å²) in [5, 5.41) is 17.4. The summed E-state index contributed by atoms with van der Waals surface area (Å²) in [4.78, 5) is 4.58. The fourth-order valence-electron chi connectivity index (χ4n) is 3.29. The number of hydrogen-bond donors (Lipinski definition) is 3. The van der Waals surface area contributed by atoms with E-state index in [2.05, 4.69) is 22.5 Å². The van der Waals surface area contributed by atoms with Crippen LogP contribution in [0, 0.1) is 5.92 Å². The van der Waals surface area contributed by atoms with Gasteiger partial charge < -0.3 is 25.2 Å². The Kier molecular flexibility index (Phi) is 8.04. The molecule has 1 aliphatic carbocycles. The van der Waals surface area contributed by atoms with Crippen LogP contribution in [0.2, 0.25) is 0 Å². The standard InChI is InChI=1S/C20H33N3O3/c1-5-21-20(23-15-8-6-14(2)7-9-15)22-13-18(24)17-12-16(25-3)10-11-19(17)26-4/h10-12,14-15,18,24H,5-9,13H2,1-4H3,(H2,21,22,23). The Morgan fingerprint density at radius 2 is 1.96 bits per heavy atom. The van der Waals surface area contributed by atoms with Gasteiger partial charge in [-0.25, -0.2) is 0 Å². The number of rotatable bonds is 7. The van der Waals surface area contributed by atoms with Crippen LogP contribution in [0.4, 0.5) is 0 Å². The molecule has 0 radical (unpaired) electrons. The van der Waals surface area contributed by atoms with E-state index in [9.17, 15) is 5.11 Å². The lowest BCUT2D eigenvalue weighted by atomic mass is 9.87. The van der Waals surface area contributed by atoms with Gasteiger partial charge in [-0.3, -0.25) is 4.99 Å². The maximum absolute atomic E-state index is 10.6. The Morgan fingerprint density at radius 1 is 1.23 bits per heavy atom. The van der Waals surface area contributed by atoms with Crippen LogP contribution in [0.25, 0.3) is 0 Å². The molecule has 0 saturated heterocycles. The second-order valence-corrected chi connectivity index (χ2v) is 6.94. The first-order chi connectivity index (χ1) is 12.6. The number of aliphatic hydroxyl groups excluding tert-OH is 1. The number of ether oxygens (including phenoxy) is 2. The number of nitrogens with zero attached hydrogens (tertiary/aromatic N) is 1. The smallest absolute Gasteiger partial charge is 0.191 e. The first-order valence-corrected chi connectivity index (χ1v) is 9.52. The quantitative estimate of drug-likeness (QED) is 0.513. The number of guanidine groups is 1. The zero-order valence-corrected chi connectivity index (χ0v) is 16.4. The molecule has 0 amide bonds. The van der Waals surface area contributed by atoms with E-state index in [1.165, 1.54) is 12.8 Å². The van der Waals surface area contributed by atoms with Crippen LogP contribution >= 0.6 is 0 Å². The molecular weight excluding hydrogens is 330 g/mol. The highest BCUT2D eigenvalue weighted by Gasteiger charge is 2.19. The van der Waals surface area contributed by atoms with E-state index in [1.54, 1.807) is 26.4 Å². The summed E-state index contributed by atoms with van der Waals surface area (Å²) in [5.41, 5.74) is 0.679. The maximum atomic E-state index is 10.6. The summed E-state index contributed by atoms with van der Waals surface area (Å²) < 4.78 is 10.6. The SMILES string of the molecule is CCNC(=NCC(O)c1cc(OC)ccc1OC)NC1CCC(C)CC1. The second-order valence-electron chi connectivity index (χ2n) is 6.94. The van der Waals surface area contributed by atoms with Crippen molar-refractivity contribution in [1.29, 1.82) is 0 Å². The average Bonchev–Trinajstić information content (AvgIpc) is 2.67. The van der Waals surface area contributed by atoms with E-state index in [4.69, 9.17) is 9.47 Å². The van der Waals surface area contributed by atoms with Crippen molar-refractivity contribution < 1.29 is 14.6 Å². The van der Waals surface area contributed by atoms with E-state index in [1.807, 2.05) is 13.0 Å². The number of aliphatic hydroxyl groups is 1. The Balaban J connectivity index is 2.03. The van der Waals surface area contributed by atoms with Gasteiger partial charge in [0.15, 0.2) is 5.96 Å². The third-order valence-electron chi connectivity index (χ3n) is 4.92. The third kappa shape index (κ3) is 5.80. The highest BCUT2D eigenvalue weighted by atomic mass is 16.5. The van der Waals surface area contributed by atoms with E-state index in [-0.39, 0.29) is 6.54 Å². The van der Waals surface area contributed by atoms with Crippen LogP contribution < -0.4 is 20.1 Å². The van der Waals surface area contributed by atoms with Gasteiger partial charge in [-0.2, -0.15) is 0 Å². The number of hydrogen-bond acceptors (Lipinski definition) is 4. The van der Waals surface area contributed by atoms with E-state index in [0.717, 1.165) is 31.3 Å². The highest BCUT2D eigenvalue weighted by Crippen LogP contribution is 2.29. The number of aliphatic imine (C=N–C) groups is 1. The molecule has 0 aliphatic heterocycles. The van der Waals surface area contributed by atoms with Crippen LogP contribution in [0.5, 0.6) is 11.5 Å². The molecule has 2 rings (SSSR count). The predicted octanol–water partition coefficient (Wildman–Crippen LogP) is 2.87. The molecule has 26 heavy (non-hydrogen) atoms. The summed E-state index contributed by atoms with van der Waals surface area (Å²) >= 11 is 0. The molecule has 1 aliphatic rings. The van der Waals surface area contributed by atoms with Gasteiger partial charge in [0, 0.05) is 18.2 Å². The first-order valence-electron chi connectivity index (χ1n) is 9.52. The topological polar surface area (TPSA) is 75.1 Å². The summed E-state index contributed by atoms with van der Waals surface area (Å²) in [6.07, 6.45) is 4.07. The molecule has 1 unspecified atom stereocenters. The molecule has 1 saturated carbocycles. The molecule has 0 spiro atoms. The number of benzene rings is 1. The summed E-state index contributed by atoms with van der Waals surface area (Å²) in [6.45, 7) is 5.39. The van der Waals surface area contributed by atoms with Crippen LogP contribution in [0.3, 0.4) is 0 Å². The van der Waals surface area contributed by atoms with Gasteiger partial charge in [0.05, 0.1) is 20.8 Å². The van der Waals surface area contributed by atoms with E-state index >= 15 is 0 Å². The molecule has 6 heteroatoms. The molecule has 1 atom stereocenters. The van der Waals surface area contributed by atoms with Gasteiger partial charge in [-0.05, 0) is 56.7 Å². The Hall–Kier alpha value is -1.95. The normalized spacial score (nSPS) is 21.8. The molecule has 146 valence electrons. The minimum Gasteiger partial charge on any atom is -0.497 e. The number of methoxy groups -OCH3 is 2. The molecule has 1 fully saturated rings. The monoisotopic (exact) mass is 363 g/mol. The van der Waals surface area contributed by atoms with Crippen LogP contribution in [-0.2, 0) is 0 Å². The molecule has 6 nitrogen and oxygen atoms in total. The van der Waals surface area contributed by atoms with Crippen LogP contribution in [0.15, 0.2) is 23.2 Å². The van der Waals surface area contributed by atoms with Crippen LogP contribution in [-0.4, -0.2) is 44.4 Å². The largest absolute Gasteiger partial charge is 0.497 e. The molecule has 1 aromatic rings. The fourth-order valence-corrected chi connectivity index (χ4v) is 3.29. The Bertz CT molecular complexity index is 584. The minimum atomic E-state index is -0.762. The lowest BCUT2D eigenvalue weighted by Crippen LogP contribution is -2.45. The van der Waals surface area contributed by atoms with Crippen molar-refractivity contribution in [3.8, 4) is 11.5 Å². The summed E-state index contributed by atoms with van der Waals surface area (Å²) in [5.74, 6) is 2.89. The first kappa shape index (κ1) is 20.4. The zero-order chi connectivity index (χ0) is 18.9. The zero-order valence-electron chi connectivity index (χ0n) is 16.4. The molecule has 3 N–H and O–H groups in total. The van der Waals surface area contributed by atoms with Crippen molar-refractivity contribution in [2.24, 2.45) is 10.9 Å². The predicted molar refractivity (Wildman–Crippen MR) is 105 cm³/mol. The molecule has 1 aromatic carbocycles. The van der Waals surface area contributed by atoms with E-state index in [0.29, 0.717) is 23.1 Å². The lowest BCUT2D eigenvalue weighted by Gasteiger charge is -2.28. The maximum Gasteiger partial charge on any atom is 0.191 e. The van der Waals surface area contributed by atoms with Crippen molar-refractivity contribution in [2.45, 2.75) is 51.7 Å². The van der Waals surface area contributed by atoms with Crippen molar-refractivity contribution in [2.75, 3.05) is 27.3 Å². The van der Waals surface area contributed by atoms with Crippen molar-refractivity contribution in [3.05, 3.63) is 23.8 Å². The van der Waals surface area contributed by atoms with Crippen molar-refractivity contribution >= 4 is 5.96 Å². The summed E-state index contributed by atoms with van der Waals surface area (Å²) in [7, 11) is 3.20. The second kappa shape index (κ2) is 10.3. The van der Waals surface area contributed by atoms with Gasteiger partial charge in [0.25, 0.3) is 0 Å². The molecule has 0 heterocycles. The molecule has 0 aromatic heterocycles.